The fourth-order valence-electron chi connectivity index (χ4n) is 9.10. The standard InChI is InChI=1S/C54H34N2O/c1-3-13-35(14-4-1)37-23-27-45-43-19-9-11-21-49(43)55(51(45)31-37)39-25-29-53-47(33-39)41-17-7-8-18-42(41)48-34-40(26-30-54(48)57-53)56-50-22-12-10-20-44(50)46-28-24-38(32-52(46)56)36-15-5-2-6-16-36/h1-34H. The van der Waals surface area contributed by atoms with Crippen LogP contribution in [-0.4, -0.2) is 9.13 Å². The van der Waals surface area contributed by atoms with Crippen LogP contribution in [0.4, 0.5) is 0 Å². The van der Waals surface area contributed by atoms with E-state index in [1.165, 1.54) is 65.9 Å². The molecule has 0 N–H and O–H groups in total. The minimum atomic E-state index is 0.841. The summed E-state index contributed by atoms with van der Waals surface area (Å²) in [5.41, 5.74) is 16.1. The van der Waals surface area contributed by atoms with Gasteiger partial charge in [-0.15, -0.1) is 0 Å². The van der Waals surface area contributed by atoms with Crippen molar-refractivity contribution >= 4 is 43.6 Å². The van der Waals surface area contributed by atoms with E-state index < -0.39 is 0 Å². The fourth-order valence-corrected chi connectivity index (χ4v) is 9.10. The van der Waals surface area contributed by atoms with Gasteiger partial charge in [-0.25, -0.2) is 0 Å². The van der Waals surface area contributed by atoms with Crippen molar-refractivity contribution in [2.45, 2.75) is 0 Å². The summed E-state index contributed by atoms with van der Waals surface area (Å²) in [7, 11) is 0. The number of ether oxygens (including phenoxy) is 1. The Labute approximate surface area is 329 Å². The summed E-state index contributed by atoms with van der Waals surface area (Å²) in [4.78, 5) is 0. The Hall–Kier alpha value is -7.62. The first-order valence-corrected chi connectivity index (χ1v) is 19.5. The van der Waals surface area contributed by atoms with Gasteiger partial charge in [-0.2, -0.15) is 0 Å². The summed E-state index contributed by atoms with van der Waals surface area (Å²) in [5.74, 6) is 1.68. The lowest BCUT2D eigenvalue weighted by molar-refractivity contribution is 0.487. The summed E-state index contributed by atoms with van der Waals surface area (Å²) in [5, 5.41) is 4.94. The van der Waals surface area contributed by atoms with Gasteiger partial charge in [0, 0.05) is 44.0 Å². The van der Waals surface area contributed by atoms with E-state index in [2.05, 4.69) is 215 Å². The third kappa shape index (κ3) is 4.92. The molecule has 0 radical (unpaired) electrons. The molecule has 0 amide bonds. The van der Waals surface area contributed by atoms with Crippen molar-refractivity contribution < 1.29 is 4.74 Å². The van der Waals surface area contributed by atoms with Crippen molar-refractivity contribution in [2.75, 3.05) is 0 Å². The van der Waals surface area contributed by atoms with E-state index in [-0.39, 0.29) is 0 Å². The van der Waals surface area contributed by atoms with Gasteiger partial charge in [-0.3, -0.25) is 0 Å². The van der Waals surface area contributed by atoms with Gasteiger partial charge in [0.05, 0.1) is 22.1 Å². The summed E-state index contributed by atoms with van der Waals surface area (Å²) in [6.45, 7) is 0. The van der Waals surface area contributed by atoms with Crippen LogP contribution in [0.15, 0.2) is 206 Å². The van der Waals surface area contributed by atoms with Gasteiger partial charge in [0.2, 0.25) is 0 Å². The van der Waals surface area contributed by atoms with Crippen molar-refractivity contribution in [3.05, 3.63) is 206 Å². The van der Waals surface area contributed by atoms with Gasteiger partial charge in [0.15, 0.2) is 0 Å². The molecule has 0 saturated heterocycles. The average Bonchev–Trinajstić information content (AvgIpc) is 3.75. The van der Waals surface area contributed by atoms with Crippen LogP contribution < -0.4 is 4.74 Å². The molecular formula is C54H34N2O. The highest BCUT2D eigenvalue weighted by Crippen LogP contribution is 2.49. The molecule has 9 aromatic carbocycles. The largest absolute Gasteiger partial charge is 0.456 e. The quantitative estimate of drug-likeness (QED) is 0.177. The zero-order valence-corrected chi connectivity index (χ0v) is 30.9. The van der Waals surface area contributed by atoms with Crippen molar-refractivity contribution in [2.24, 2.45) is 0 Å². The molecule has 0 unspecified atom stereocenters. The molecule has 0 bridgehead atoms. The van der Waals surface area contributed by atoms with E-state index in [4.69, 9.17) is 4.74 Å². The molecule has 1 aliphatic rings. The topological polar surface area (TPSA) is 19.1 Å². The van der Waals surface area contributed by atoms with Crippen molar-refractivity contribution in [1.82, 2.24) is 9.13 Å². The molecule has 11 aromatic rings. The van der Waals surface area contributed by atoms with E-state index in [1.807, 2.05) is 0 Å². The maximum atomic E-state index is 6.91. The Morgan fingerprint density at radius 1 is 0.263 bits per heavy atom. The van der Waals surface area contributed by atoms with Crippen molar-refractivity contribution in [3.63, 3.8) is 0 Å². The molecule has 3 nitrogen and oxygen atoms in total. The second-order valence-electron chi connectivity index (χ2n) is 14.9. The molecule has 0 spiro atoms. The number of para-hydroxylation sites is 2. The molecule has 0 fully saturated rings. The van der Waals surface area contributed by atoms with Gasteiger partial charge < -0.3 is 13.9 Å². The summed E-state index contributed by atoms with van der Waals surface area (Å²) < 4.78 is 11.7. The first-order chi connectivity index (χ1) is 28.3. The SMILES string of the molecule is c1ccc(-c2ccc3c4ccccc4n(-c4ccc5c(c4)-c4ccccc4-c4cc(-n6c7ccccc7c7ccc(-c8ccccc8)cc76)ccc4O5)c3c2)cc1. The zero-order valence-electron chi connectivity index (χ0n) is 30.9. The fraction of sp³-hybridized carbons (Fsp3) is 0. The van der Waals surface area contributed by atoms with Crippen molar-refractivity contribution in [1.29, 1.82) is 0 Å². The number of hydrogen-bond acceptors (Lipinski definition) is 1. The Bertz CT molecular complexity index is 3150. The van der Waals surface area contributed by atoms with Crippen LogP contribution in [0.25, 0.3) is 99.5 Å². The molecule has 2 aromatic heterocycles. The number of rotatable bonds is 4. The molecule has 266 valence electrons. The summed E-state index contributed by atoms with van der Waals surface area (Å²) in [6, 6.07) is 74.4. The second-order valence-corrected chi connectivity index (χ2v) is 14.9. The molecule has 57 heavy (non-hydrogen) atoms. The highest BCUT2D eigenvalue weighted by Gasteiger charge is 2.24. The van der Waals surface area contributed by atoms with Crippen LogP contribution in [0.3, 0.4) is 0 Å². The lowest BCUT2D eigenvalue weighted by Gasteiger charge is -2.14. The highest BCUT2D eigenvalue weighted by molar-refractivity contribution is 6.11. The lowest BCUT2D eigenvalue weighted by atomic mass is 9.94. The molecule has 1 aliphatic heterocycles. The monoisotopic (exact) mass is 726 g/mol. The van der Waals surface area contributed by atoms with E-state index in [1.54, 1.807) is 0 Å². The molecular weight excluding hydrogens is 693 g/mol. The van der Waals surface area contributed by atoms with Crippen LogP contribution in [0, 0.1) is 0 Å². The van der Waals surface area contributed by atoms with Crippen LogP contribution >= 0.6 is 0 Å². The first-order valence-electron chi connectivity index (χ1n) is 19.5. The Morgan fingerprint density at radius 3 is 1.14 bits per heavy atom. The van der Waals surface area contributed by atoms with Crippen LogP contribution in [0.5, 0.6) is 11.5 Å². The lowest BCUT2D eigenvalue weighted by Crippen LogP contribution is -1.96. The van der Waals surface area contributed by atoms with Gasteiger partial charge in [0.1, 0.15) is 11.5 Å². The predicted molar refractivity (Wildman–Crippen MR) is 237 cm³/mol. The summed E-state index contributed by atoms with van der Waals surface area (Å²) in [6.07, 6.45) is 0. The van der Waals surface area contributed by atoms with Gasteiger partial charge in [-0.1, -0.05) is 146 Å². The van der Waals surface area contributed by atoms with Crippen LogP contribution in [0.2, 0.25) is 0 Å². The van der Waals surface area contributed by atoms with Gasteiger partial charge in [0.25, 0.3) is 0 Å². The minimum Gasteiger partial charge on any atom is -0.456 e. The average molecular weight is 727 g/mol. The maximum Gasteiger partial charge on any atom is 0.135 e. The third-order valence-electron chi connectivity index (χ3n) is 11.7. The molecule has 0 atom stereocenters. The van der Waals surface area contributed by atoms with E-state index in [9.17, 15) is 0 Å². The number of nitrogens with zero attached hydrogens (tertiary/aromatic N) is 2. The normalized spacial score (nSPS) is 12.0. The number of aromatic nitrogens is 2. The van der Waals surface area contributed by atoms with Crippen molar-refractivity contribution in [3.8, 4) is 67.4 Å². The Balaban J connectivity index is 1.04. The summed E-state index contributed by atoms with van der Waals surface area (Å²) >= 11 is 0. The zero-order chi connectivity index (χ0) is 37.5. The third-order valence-corrected chi connectivity index (χ3v) is 11.7. The smallest absolute Gasteiger partial charge is 0.135 e. The molecule has 12 rings (SSSR count). The molecule has 0 saturated carbocycles. The Morgan fingerprint density at radius 2 is 0.667 bits per heavy atom. The van der Waals surface area contributed by atoms with Gasteiger partial charge >= 0.3 is 0 Å². The number of fused-ring (bicyclic) bond motifs is 11. The molecule has 0 aliphatic carbocycles. The predicted octanol–water partition coefficient (Wildman–Crippen LogP) is 14.7. The van der Waals surface area contributed by atoms with E-state index in [0.717, 1.165) is 45.1 Å². The first kappa shape index (κ1) is 31.7. The Kier molecular flexibility index (Phi) is 6.93. The highest BCUT2D eigenvalue weighted by atomic mass is 16.5. The number of benzene rings is 9. The maximum absolute atomic E-state index is 6.91. The van der Waals surface area contributed by atoms with E-state index in [0.29, 0.717) is 0 Å². The van der Waals surface area contributed by atoms with Crippen LogP contribution in [0.1, 0.15) is 0 Å². The van der Waals surface area contributed by atoms with E-state index >= 15 is 0 Å². The van der Waals surface area contributed by atoms with Crippen LogP contribution in [-0.2, 0) is 0 Å². The molecule has 3 heterocycles. The van der Waals surface area contributed by atoms with Gasteiger partial charge in [-0.05, 0) is 94.0 Å². The second kappa shape index (κ2) is 12.5. The number of hydrogen-bond donors (Lipinski definition) is 0. The minimum absolute atomic E-state index is 0.841. The molecule has 3 heteroatoms.